The second-order valence-electron chi connectivity index (χ2n) is 4.95. The maximum atomic E-state index is 12.0. The largest absolute Gasteiger partial charge is 0.486 e. The van der Waals surface area contributed by atoms with Crippen molar-refractivity contribution in [2.45, 2.75) is 0 Å². The van der Waals surface area contributed by atoms with Gasteiger partial charge >= 0.3 is 0 Å². The molecular weight excluding hydrogens is 332 g/mol. The van der Waals surface area contributed by atoms with E-state index < -0.39 is 0 Å². The van der Waals surface area contributed by atoms with Crippen molar-refractivity contribution in [1.82, 2.24) is 0 Å². The molecule has 0 saturated heterocycles. The standard InChI is InChI=1S/C17H13ClN2O4/c18-13-7-11(9-19)1-3-14(13)24-10-17(21)20-12-2-4-15-16(8-12)23-6-5-22-15/h1-4,7-8H,5-6,10H2,(H,20,21). The number of rotatable bonds is 4. The Balaban J connectivity index is 1.59. The van der Waals surface area contributed by atoms with Crippen LogP contribution in [-0.4, -0.2) is 25.7 Å². The zero-order chi connectivity index (χ0) is 16.9. The van der Waals surface area contributed by atoms with Gasteiger partial charge in [-0.05, 0) is 30.3 Å². The molecule has 6 nitrogen and oxygen atoms in total. The number of nitrogens with zero attached hydrogens (tertiary/aromatic N) is 1. The van der Waals surface area contributed by atoms with E-state index in [0.29, 0.717) is 41.7 Å². The Bertz CT molecular complexity index is 817. The van der Waals surface area contributed by atoms with Gasteiger partial charge in [0.15, 0.2) is 18.1 Å². The summed E-state index contributed by atoms with van der Waals surface area (Å²) < 4.78 is 16.3. The lowest BCUT2D eigenvalue weighted by Gasteiger charge is -2.19. The van der Waals surface area contributed by atoms with Crippen LogP contribution in [0.25, 0.3) is 0 Å². The van der Waals surface area contributed by atoms with Crippen LogP contribution in [0.3, 0.4) is 0 Å². The maximum Gasteiger partial charge on any atom is 0.262 e. The van der Waals surface area contributed by atoms with Gasteiger partial charge in [0.2, 0.25) is 0 Å². The minimum Gasteiger partial charge on any atom is -0.486 e. The zero-order valence-corrected chi connectivity index (χ0v) is 13.3. The van der Waals surface area contributed by atoms with Crippen LogP contribution in [0, 0.1) is 11.3 Å². The van der Waals surface area contributed by atoms with Crippen molar-refractivity contribution in [3.8, 4) is 23.3 Å². The topological polar surface area (TPSA) is 80.6 Å². The molecule has 0 radical (unpaired) electrons. The molecule has 0 spiro atoms. The molecule has 3 rings (SSSR count). The second kappa shape index (κ2) is 7.11. The van der Waals surface area contributed by atoms with Crippen molar-refractivity contribution in [3.63, 3.8) is 0 Å². The monoisotopic (exact) mass is 344 g/mol. The van der Waals surface area contributed by atoms with Gasteiger partial charge in [0, 0.05) is 11.8 Å². The molecule has 1 amide bonds. The predicted molar refractivity (Wildman–Crippen MR) is 87.7 cm³/mol. The van der Waals surface area contributed by atoms with Gasteiger partial charge in [0.25, 0.3) is 5.91 Å². The number of halogens is 1. The first-order chi connectivity index (χ1) is 11.7. The van der Waals surface area contributed by atoms with E-state index in [1.807, 2.05) is 6.07 Å². The summed E-state index contributed by atoms with van der Waals surface area (Å²) in [6, 6.07) is 11.7. The normalized spacial score (nSPS) is 12.2. The highest BCUT2D eigenvalue weighted by atomic mass is 35.5. The van der Waals surface area contributed by atoms with Gasteiger partial charge in [-0.15, -0.1) is 0 Å². The van der Waals surface area contributed by atoms with Gasteiger partial charge in [-0.1, -0.05) is 11.6 Å². The summed E-state index contributed by atoms with van der Waals surface area (Å²) in [7, 11) is 0. The summed E-state index contributed by atoms with van der Waals surface area (Å²) in [6.07, 6.45) is 0. The summed E-state index contributed by atoms with van der Waals surface area (Å²) in [6.45, 7) is 0.780. The fourth-order valence-electron chi connectivity index (χ4n) is 2.15. The Morgan fingerprint density at radius 3 is 2.75 bits per heavy atom. The molecule has 1 aliphatic heterocycles. The van der Waals surface area contributed by atoms with Gasteiger partial charge in [-0.2, -0.15) is 5.26 Å². The number of carbonyl (C=O) groups excluding carboxylic acids is 1. The highest BCUT2D eigenvalue weighted by molar-refractivity contribution is 6.32. The Kier molecular flexibility index (Phi) is 4.73. The third-order valence-electron chi connectivity index (χ3n) is 3.25. The Morgan fingerprint density at radius 1 is 1.21 bits per heavy atom. The predicted octanol–water partition coefficient (Wildman–Crippen LogP) is 3.00. The fourth-order valence-corrected chi connectivity index (χ4v) is 2.38. The minimum absolute atomic E-state index is 0.208. The highest BCUT2D eigenvalue weighted by Crippen LogP contribution is 2.32. The molecule has 7 heteroatoms. The van der Waals surface area contributed by atoms with Gasteiger partial charge in [-0.3, -0.25) is 4.79 Å². The second-order valence-corrected chi connectivity index (χ2v) is 5.36. The van der Waals surface area contributed by atoms with Gasteiger partial charge in [0.1, 0.15) is 19.0 Å². The summed E-state index contributed by atoms with van der Waals surface area (Å²) in [5.74, 6) is 1.25. The number of hydrogen-bond donors (Lipinski definition) is 1. The third-order valence-corrected chi connectivity index (χ3v) is 3.54. The number of anilines is 1. The van der Waals surface area contributed by atoms with Gasteiger partial charge < -0.3 is 19.5 Å². The van der Waals surface area contributed by atoms with E-state index in [4.69, 9.17) is 31.1 Å². The molecule has 2 aromatic carbocycles. The molecule has 0 atom stereocenters. The number of amides is 1. The summed E-state index contributed by atoms with van der Waals surface area (Å²) in [4.78, 5) is 12.0. The van der Waals surface area contributed by atoms with Crippen molar-refractivity contribution in [3.05, 3.63) is 47.0 Å². The van der Waals surface area contributed by atoms with Crippen LogP contribution < -0.4 is 19.5 Å². The molecule has 0 bridgehead atoms. The van der Waals surface area contributed by atoms with Crippen LogP contribution in [-0.2, 0) is 4.79 Å². The Morgan fingerprint density at radius 2 is 2.00 bits per heavy atom. The van der Waals surface area contributed by atoms with Crippen LogP contribution >= 0.6 is 11.6 Å². The average molecular weight is 345 g/mol. The summed E-state index contributed by atoms with van der Waals surface area (Å²) in [5, 5.41) is 11.8. The molecule has 0 saturated carbocycles. The molecule has 0 fully saturated rings. The van der Waals surface area contributed by atoms with Crippen molar-refractivity contribution in [1.29, 1.82) is 5.26 Å². The van der Waals surface area contributed by atoms with Gasteiger partial charge in [-0.25, -0.2) is 0 Å². The van der Waals surface area contributed by atoms with Crippen LogP contribution in [0.1, 0.15) is 5.56 Å². The first kappa shape index (κ1) is 16.0. The van der Waals surface area contributed by atoms with Crippen LogP contribution in [0.15, 0.2) is 36.4 Å². The van der Waals surface area contributed by atoms with Crippen LogP contribution in [0.5, 0.6) is 17.2 Å². The lowest BCUT2D eigenvalue weighted by Crippen LogP contribution is -2.21. The highest BCUT2D eigenvalue weighted by Gasteiger charge is 2.13. The van der Waals surface area contributed by atoms with Crippen molar-refractivity contribution in [2.75, 3.05) is 25.1 Å². The average Bonchev–Trinajstić information content (AvgIpc) is 2.60. The molecule has 1 N–H and O–H groups in total. The first-order valence-corrected chi connectivity index (χ1v) is 7.55. The van der Waals surface area contributed by atoms with E-state index in [9.17, 15) is 4.79 Å². The van der Waals surface area contributed by atoms with Crippen LogP contribution in [0.2, 0.25) is 5.02 Å². The number of nitriles is 1. The van der Waals surface area contributed by atoms with Crippen molar-refractivity contribution >= 4 is 23.2 Å². The molecular formula is C17H13ClN2O4. The number of ether oxygens (including phenoxy) is 3. The molecule has 24 heavy (non-hydrogen) atoms. The third kappa shape index (κ3) is 3.70. The van der Waals surface area contributed by atoms with E-state index in [0.717, 1.165) is 0 Å². The van der Waals surface area contributed by atoms with Crippen LogP contribution in [0.4, 0.5) is 5.69 Å². The number of benzene rings is 2. The lowest BCUT2D eigenvalue weighted by atomic mass is 10.2. The summed E-state index contributed by atoms with van der Waals surface area (Å²) in [5.41, 5.74) is 1.01. The van der Waals surface area contributed by atoms with Crippen molar-refractivity contribution in [2.24, 2.45) is 0 Å². The molecule has 0 aliphatic carbocycles. The SMILES string of the molecule is N#Cc1ccc(OCC(=O)Nc2ccc3c(c2)OCCO3)c(Cl)c1. The molecule has 122 valence electrons. The van der Waals surface area contributed by atoms with E-state index in [1.54, 1.807) is 30.3 Å². The maximum absolute atomic E-state index is 12.0. The van der Waals surface area contributed by atoms with E-state index >= 15 is 0 Å². The summed E-state index contributed by atoms with van der Waals surface area (Å²) >= 11 is 5.99. The molecule has 2 aromatic rings. The molecule has 0 aromatic heterocycles. The molecule has 1 heterocycles. The smallest absolute Gasteiger partial charge is 0.262 e. The quantitative estimate of drug-likeness (QED) is 0.922. The fraction of sp³-hybridized carbons (Fsp3) is 0.176. The van der Waals surface area contributed by atoms with E-state index in [2.05, 4.69) is 5.32 Å². The van der Waals surface area contributed by atoms with E-state index in [1.165, 1.54) is 6.07 Å². The van der Waals surface area contributed by atoms with Crippen molar-refractivity contribution < 1.29 is 19.0 Å². The molecule has 1 aliphatic rings. The van der Waals surface area contributed by atoms with E-state index in [-0.39, 0.29) is 17.5 Å². The molecule has 0 unspecified atom stereocenters. The van der Waals surface area contributed by atoms with Gasteiger partial charge in [0.05, 0.1) is 16.7 Å². The Labute approximate surface area is 143 Å². The Hall–Kier alpha value is -2.91. The lowest BCUT2D eigenvalue weighted by molar-refractivity contribution is -0.118. The minimum atomic E-state index is -0.341. The first-order valence-electron chi connectivity index (χ1n) is 7.17. The number of nitrogens with one attached hydrogen (secondary N) is 1. The number of carbonyl (C=O) groups is 1. The number of hydrogen-bond acceptors (Lipinski definition) is 5. The zero-order valence-electron chi connectivity index (χ0n) is 12.5. The number of fused-ring (bicyclic) bond motifs is 1.